The molecule has 4 rings (SSSR count). The first-order chi connectivity index (χ1) is 14.3. The minimum atomic E-state index is -0.0242. The molecule has 0 saturated carbocycles. The Morgan fingerprint density at radius 1 is 1.07 bits per heavy atom. The van der Waals surface area contributed by atoms with Crippen molar-refractivity contribution in [3.63, 3.8) is 0 Å². The Morgan fingerprint density at radius 3 is 2.66 bits per heavy atom. The van der Waals surface area contributed by atoms with Crippen LogP contribution in [0.15, 0.2) is 77.9 Å². The summed E-state index contributed by atoms with van der Waals surface area (Å²) in [5.41, 5.74) is 2.86. The van der Waals surface area contributed by atoms with Gasteiger partial charge < -0.3 is 9.73 Å². The molecule has 29 heavy (non-hydrogen) atoms. The summed E-state index contributed by atoms with van der Waals surface area (Å²) in [5, 5.41) is 7.00. The molecule has 4 aromatic rings. The highest BCUT2D eigenvalue weighted by molar-refractivity contribution is 5.90. The fraction of sp³-hybridized carbons (Fsp3) is 0.182. The van der Waals surface area contributed by atoms with Crippen LogP contribution in [-0.4, -0.2) is 25.7 Å². The largest absolute Gasteiger partial charge is 0.441 e. The van der Waals surface area contributed by atoms with Crippen LogP contribution in [0.5, 0.6) is 0 Å². The van der Waals surface area contributed by atoms with E-state index in [1.165, 1.54) is 6.33 Å². The van der Waals surface area contributed by atoms with Crippen LogP contribution in [0, 0.1) is 0 Å². The van der Waals surface area contributed by atoms with Crippen molar-refractivity contribution in [2.24, 2.45) is 0 Å². The van der Waals surface area contributed by atoms with Crippen LogP contribution < -0.4 is 5.32 Å². The smallest absolute Gasteiger partial charge is 0.224 e. The van der Waals surface area contributed by atoms with Gasteiger partial charge in [-0.15, -0.1) is 0 Å². The summed E-state index contributed by atoms with van der Waals surface area (Å²) in [7, 11) is 0. The van der Waals surface area contributed by atoms with Crippen molar-refractivity contribution in [3.05, 3.63) is 84.9 Å². The van der Waals surface area contributed by atoms with E-state index in [0.717, 1.165) is 22.6 Å². The Morgan fingerprint density at radius 2 is 1.90 bits per heavy atom. The lowest BCUT2D eigenvalue weighted by molar-refractivity contribution is -0.116. The van der Waals surface area contributed by atoms with Crippen molar-refractivity contribution < 1.29 is 9.21 Å². The molecule has 0 aliphatic heterocycles. The van der Waals surface area contributed by atoms with E-state index in [4.69, 9.17) is 4.42 Å². The first-order valence-electron chi connectivity index (χ1n) is 9.47. The number of aromatic nitrogens is 4. The normalized spacial score (nSPS) is 10.8. The molecule has 7 heteroatoms. The number of hydrogen-bond donors (Lipinski definition) is 1. The highest BCUT2D eigenvalue weighted by atomic mass is 16.4. The van der Waals surface area contributed by atoms with Crippen molar-refractivity contribution in [1.29, 1.82) is 0 Å². The highest BCUT2D eigenvalue weighted by Gasteiger charge is 2.08. The molecule has 0 saturated heterocycles. The summed E-state index contributed by atoms with van der Waals surface area (Å²) in [4.78, 5) is 20.4. The molecule has 2 heterocycles. The molecule has 2 aromatic heterocycles. The summed E-state index contributed by atoms with van der Waals surface area (Å²) in [6.07, 6.45) is 6.61. The van der Waals surface area contributed by atoms with Crippen LogP contribution in [0.25, 0.3) is 11.3 Å². The van der Waals surface area contributed by atoms with Gasteiger partial charge in [-0.1, -0.05) is 42.5 Å². The predicted molar refractivity (Wildman–Crippen MR) is 109 cm³/mol. The number of carbonyl (C=O) groups is 1. The van der Waals surface area contributed by atoms with Gasteiger partial charge in [0.25, 0.3) is 0 Å². The van der Waals surface area contributed by atoms with Crippen molar-refractivity contribution >= 4 is 11.6 Å². The molecule has 0 radical (unpaired) electrons. The standard InChI is InChI=1S/C22H21N5O2/c28-21(26-19-11-9-17(10-12-19)14-27-16-23-15-25-27)7-4-8-22-24-13-20(29-22)18-5-2-1-3-6-18/h1-3,5-6,9-13,15-16H,4,7-8,14H2,(H,26,28). The molecule has 0 bridgehead atoms. The molecule has 7 nitrogen and oxygen atoms in total. The van der Waals surface area contributed by atoms with Gasteiger partial charge in [0.2, 0.25) is 5.91 Å². The number of hydrogen-bond acceptors (Lipinski definition) is 5. The number of oxazole rings is 1. The Hall–Kier alpha value is -3.74. The number of amides is 1. The molecule has 0 aliphatic rings. The molecule has 0 atom stereocenters. The maximum Gasteiger partial charge on any atom is 0.224 e. The average Bonchev–Trinajstić information content (AvgIpc) is 3.42. The van der Waals surface area contributed by atoms with E-state index in [9.17, 15) is 4.79 Å². The van der Waals surface area contributed by atoms with Gasteiger partial charge in [0.05, 0.1) is 12.7 Å². The number of nitrogens with zero attached hydrogens (tertiary/aromatic N) is 4. The summed E-state index contributed by atoms with van der Waals surface area (Å²) in [5.74, 6) is 1.37. The number of carbonyl (C=O) groups excluding carboxylic acids is 1. The molecule has 1 amide bonds. The fourth-order valence-electron chi connectivity index (χ4n) is 2.98. The minimum Gasteiger partial charge on any atom is -0.441 e. The quantitative estimate of drug-likeness (QED) is 0.495. The molecule has 146 valence electrons. The van der Waals surface area contributed by atoms with Gasteiger partial charge in [-0.25, -0.2) is 14.6 Å². The van der Waals surface area contributed by atoms with E-state index < -0.39 is 0 Å². The summed E-state index contributed by atoms with van der Waals surface area (Å²) >= 11 is 0. The van der Waals surface area contributed by atoms with Gasteiger partial charge >= 0.3 is 0 Å². The van der Waals surface area contributed by atoms with Crippen molar-refractivity contribution in [2.45, 2.75) is 25.8 Å². The molecular formula is C22H21N5O2. The van der Waals surface area contributed by atoms with E-state index >= 15 is 0 Å². The lowest BCUT2D eigenvalue weighted by Crippen LogP contribution is -2.11. The van der Waals surface area contributed by atoms with Gasteiger partial charge in [-0.2, -0.15) is 5.10 Å². The van der Waals surface area contributed by atoms with Crippen LogP contribution in [0.1, 0.15) is 24.3 Å². The zero-order chi connectivity index (χ0) is 19.9. The first-order valence-corrected chi connectivity index (χ1v) is 9.47. The fourth-order valence-corrected chi connectivity index (χ4v) is 2.98. The van der Waals surface area contributed by atoms with Crippen molar-refractivity contribution in [3.8, 4) is 11.3 Å². The van der Waals surface area contributed by atoms with Crippen LogP contribution >= 0.6 is 0 Å². The van der Waals surface area contributed by atoms with E-state index in [1.54, 1.807) is 17.2 Å². The Labute approximate surface area is 168 Å². The molecule has 0 fully saturated rings. The zero-order valence-corrected chi connectivity index (χ0v) is 15.9. The summed E-state index contributed by atoms with van der Waals surface area (Å²) in [6.45, 7) is 0.648. The molecular weight excluding hydrogens is 366 g/mol. The second-order valence-corrected chi connectivity index (χ2v) is 6.68. The van der Waals surface area contributed by atoms with E-state index in [1.807, 2.05) is 54.6 Å². The number of rotatable bonds is 8. The van der Waals surface area contributed by atoms with Crippen molar-refractivity contribution in [1.82, 2.24) is 19.7 Å². The minimum absolute atomic E-state index is 0.0242. The van der Waals surface area contributed by atoms with Gasteiger partial charge in [0.15, 0.2) is 11.7 Å². The number of nitrogens with one attached hydrogen (secondary N) is 1. The van der Waals surface area contributed by atoms with Gasteiger partial charge in [0.1, 0.15) is 12.7 Å². The van der Waals surface area contributed by atoms with Gasteiger partial charge in [0, 0.05) is 24.1 Å². The first kappa shape index (κ1) is 18.6. The maximum atomic E-state index is 12.2. The third kappa shape index (κ3) is 5.16. The zero-order valence-electron chi connectivity index (χ0n) is 15.9. The highest BCUT2D eigenvalue weighted by Crippen LogP contribution is 2.20. The molecule has 0 spiro atoms. The Balaban J connectivity index is 1.22. The van der Waals surface area contributed by atoms with Crippen molar-refractivity contribution in [2.75, 3.05) is 5.32 Å². The Kier molecular flexibility index (Phi) is 5.76. The predicted octanol–water partition coefficient (Wildman–Crippen LogP) is 3.94. The number of anilines is 1. The number of benzene rings is 2. The second kappa shape index (κ2) is 8.97. The molecule has 2 aromatic carbocycles. The molecule has 0 unspecified atom stereocenters. The van der Waals surface area contributed by atoms with Crippen LogP contribution in [0.4, 0.5) is 5.69 Å². The molecule has 1 N–H and O–H groups in total. The maximum absolute atomic E-state index is 12.2. The summed E-state index contributed by atoms with van der Waals surface area (Å²) < 4.78 is 7.52. The van der Waals surface area contributed by atoms with Crippen LogP contribution in [-0.2, 0) is 17.8 Å². The topological polar surface area (TPSA) is 85.8 Å². The van der Waals surface area contributed by atoms with E-state index in [2.05, 4.69) is 20.4 Å². The van der Waals surface area contributed by atoms with E-state index in [-0.39, 0.29) is 5.91 Å². The Bertz CT molecular complexity index is 1040. The lowest BCUT2D eigenvalue weighted by Gasteiger charge is -2.06. The lowest BCUT2D eigenvalue weighted by atomic mass is 10.2. The third-order valence-corrected chi connectivity index (χ3v) is 4.46. The second-order valence-electron chi connectivity index (χ2n) is 6.68. The molecule has 0 aliphatic carbocycles. The number of aryl methyl sites for hydroxylation is 1. The third-order valence-electron chi connectivity index (χ3n) is 4.46. The monoisotopic (exact) mass is 387 g/mol. The van der Waals surface area contributed by atoms with Gasteiger partial charge in [-0.05, 0) is 24.1 Å². The SMILES string of the molecule is O=C(CCCc1ncc(-c2ccccc2)o1)Nc1ccc(Cn2cncn2)cc1. The van der Waals surface area contributed by atoms with Crippen LogP contribution in [0.2, 0.25) is 0 Å². The van der Waals surface area contributed by atoms with E-state index in [0.29, 0.717) is 31.7 Å². The van der Waals surface area contributed by atoms with Crippen LogP contribution in [0.3, 0.4) is 0 Å². The van der Waals surface area contributed by atoms with Gasteiger partial charge in [-0.3, -0.25) is 4.79 Å². The summed E-state index contributed by atoms with van der Waals surface area (Å²) in [6, 6.07) is 17.6. The average molecular weight is 387 g/mol.